The van der Waals surface area contributed by atoms with Crippen molar-refractivity contribution in [3.05, 3.63) is 12.7 Å². The maximum Gasteiger partial charge on any atom is 0.305 e. The first-order chi connectivity index (χ1) is 9.96. The molecule has 0 unspecified atom stereocenters. The van der Waals surface area contributed by atoms with Crippen molar-refractivity contribution in [1.29, 1.82) is 0 Å². The van der Waals surface area contributed by atoms with Gasteiger partial charge in [-0.05, 0) is 26.7 Å². The number of esters is 1. The highest BCUT2D eigenvalue weighted by Gasteiger charge is 2.55. The molecule has 2 aliphatic heterocycles. The number of carbonyl (C=O) groups excluding carboxylic acids is 1. The van der Waals surface area contributed by atoms with E-state index in [0.717, 1.165) is 12.8 Å². The summed E-state index contributed by atoms with van der Waals surface area (Å²) in [6.07, 6.45) is 2.26. The van der Waals surface area contributed by atoms with E-state index in [4.69, 9.17) is 23.7 Å². The van der Waals surface area contributed by atoms with Crippen LogP contribution < -0.4 is 0 Å². The van der Waals surface area contributed by atoms with E-state index >= 15 is 0 Å². The first kappa shape index (κ1) is 16.4. The van der Waals surface area contributed by atoms with Gasteiger partial charge >= 0.3 is 5.97 Å². The van der Waals surface area contributed by atoms with E-state index in [0.29, 0.717) is 6.42 Å². The highest BCUT2D eigenvalue weighted by molar-refractivity contribution is 5.69. The smallest absolute Gasteiger partial charge is 0.305 e. The number of hydrogen-bond donors (Lipinski definition) is 0. The Kier molecular flexibility index (Phi) is 5.37. The van der Waals surface area contributed by atoms with Crippen LogP contribution in [0.5, 0.6) is 0 Å². The number of rotatable bonds is 7. The molecule has 21 heavy (non-hydrogen) atoms. The number of hydrogen-bond acceptors (Lipinski definition) is 6. The van der Waals surface area contributed by atoms with Crippen LogP contribution in [0.4, 0.5) is 0 Å². The molecular formula is C15H24O6. The molecule has 0 N–H and O–H groups in total. The van der Waals surface area contributed by atoms with Crippen LogP contribution in [0.25, 0.3) is 0 Å². The third kappa shape index (κ3) is 4.03. The quantitative estimate of drug-likeness (QED) is 0.406. The first-order valence-electron chi connectivity index (χ1n) is 7.27. The van der Waals surface area contributed by atoms with Gasteiger partial charge in [-0.1, -0.05) is 6.08 Å². The fraction of sp³-hybridized carbons (Fsp3) is 0.800. The Bertz CT molecular complexity index is 380. The van der Waals surface area contributed by atoms with Gasteiger partial charge in [0.1, 0.15) is 24.9 Å². The molecule has 0 aromatic heterocycles. The van der Waals surface area contributed by atoms with Crippen LogP contribution in [0.2, 0.25) is 0 Å². The summed E-state index contributed by atoms with van der Waals surface area (Å²) in [5.41, 5.74) is 0. The fourth-order valence-corrected chi connectivity index (χ4v) is 2.60. The average molecular weight is 300 g/mol. The first-order valence-corrected chi connectivity index (χ1v) is 7.27. The van der Waals surface area contributed by atoms with E-state index in [2.05, 4.69) is 6.58 Å². The number of carbonyl (C=O) groups is 1. The van der Waals surface area contributed by atoms with Crippen molar-refractivity contribution >= 4 is 5.97 Å². The van der Waals surface area contributed by atoms with Gasteiger partial charge in [0.2, 0.25) is 0 Å². The molecule has 0 aromatic rings. The standard InChI is InChI=1S/C15H24O6/c1-5-6-7-8-11(16)18-9-10-12-13(14(17-4)19-10)21-15(2,3)20-12/h5,10,12-14H,1,6-9H2,2-4H3/t10-,12-,13-,14-/m1/s1. The lowest BCUT2D eigenvalue weighted by Crippen LogP contribution is -2.33. The molecule has 2 fully saturated rings. The molecule has 4 atom stereocenters. The Balaban J connectivity index is 1.83. The molecule has 0 spiro atoms. The van der Waals surface area contributed by atoms with Crippen LogP contribution in [0.1, 0.15) is 33.1 Å². The molecule has 6 nitrogen and oxygen atoms in total. The predicted octanol–water partition coefficient (Wildman–Crippen LogP) is 1.78. The highest BCUT2D eigenvalue weighted by atomic mass is 16.8. The average Bonchev–Trinajstić information content (AvgIpc) is 2.90. The topological polar surface area (TPSA) is 63.2 Å². The van der Waals surface area contributed by atoms with E-state index in [1.54, 1.807) is 13.2 Å². The van der Waals surface area contributed by atoms with Crippen LogP contribution in [0.15, 0.2) is 12.7 Å². The second kappa shape index (κ2) is 6.87. The minimum absolute atomic E-state index is 0.146. The Labute approximate surface area is 125 Å². The molecule has 0 aliphatic carbocycles. The molecule has 0 bridgehead atoms. The van der Waals surface area contributed by atoms with Gasteiger partial charge in [0.25, 0.3) is 0 Å². The van der Waals surface area contributed by atoms with Crippen molar-refractivity contribution in [3.63, 3.8) is 0 Å². The summed E-state index contributed by atoms with van der Waals surface area (Å²) in [7, 11) is 1.56. The molecule has 120 valence electrons. The third-order valence-corrected chi connectivity index (χ3v) is 3.54. The molecule has 2 aliphatic rings. The summed E-state index contributed by atoms with van der Waals surface area (Å²) < 4.78 is 27.8. The summed E-state index contributed by atoms with van der Waals surface area (Å²) in [6.45, 7) is 7.45. The normalized spacial score (nSPS) is 33.7. The zero-order valence-electron chi connectivity index (χ0n) is 12.9. The van der Waals surface area contributed by atoms with Crippen LogP contribution in [-0.2, 0) is 28.5 Å². The lowest BCUT2D eigenvalue weighted by atomic mass is 10.1. The van der Waals surface area contributed by atoms with Gasteiger partial charge in [-0.2, -0.15) is 0 Å². The molecule has 0 radical (unpaired) electrons. The number of fused-ring (bicyclic) bond motifs is 1. The SMILES string of the molecule is C=CCCCC(=O)OC[C@H]1O[C@@H](OC)[C@@H]2OC(C)(C)O[C@@H]21. The van der Waals surface area contributed by atoms with Crippen molar-refractivity contribution in [1.82, 2.24) is 0 Å². The minimum Gasteiger partial charge on any atom is -0.463 e. The molecule has 2 rings (SSSR count). The fourth-order valence-electron chi connectivity index (χ4n) is 2.60. The second-order valence-corrected chi connectivity index (χ2v) is 5.71. The van der Waals surface area contributed by atoms with Gasteiger partial charge < -0.3 is 23.7 Å². The lowest BCUT2D eigenvalue weighted by molar-refractivity contribution is -0.231. The van der Waals surface area contributed by atoms with Crippen molar-refractivity contribution in [2.75, 3.05) is 13.7 Å². The number of methoxy groups -OCH3 is 1. The molecule has 2 heterocycles. The van der Waals surface area contributed by atoms with Gasteiger partial charge in [-0.3, -0.25) is 4.79 Å². The highest BCUT2D eigenvalue weighted by Crippen LogP contribution is 2.38. The predicted molar refractivity (Wildman–Crippen MR) is 74.5 cm³/mol. The van der Waals surface area contributed by atoms with Crippen LogP contribution in [0.3, 0.4) is 0 Å². The second-order valence-electron chi connectivity index (χ2n) is 5.71. The monoisotopic (exact) mass is 300 g/mol. The maximum atomic E-state index is 11.6. The Morgan fingerprint density at radius 2 is 2.05 bits per heavy atom. The van der Waals surface area contributed by atoms with Crippen LogP contribution >= 0.6 is 0 Å². The number of unbranched alkanes of at least 4 members (excludes halogenated alkanes) is 1. The Morgan fingerprint density at radius 1 is 1.33 bits per heavy atom. The molecule has 0 saturated carbocycles. The third-order valence-electron chi connectivity index (χ3n) is 3.54. The maximum absolute atomic E-state index is 11.6. The van der Waals surface area contributed by atoms with Gasteiger partial charge in [-0.15, -0.1) is 6.58 Å². The molecular weight excluding hydrogens is 276 g/mol. The number of allylic oxidation sites excluding steroid dienone is 1. The molecule has 0 amide bonds. The van der Waals surface area contributed by atoms with Gasteiger partial charge in [0.15, 0.2) is 12.1 Å². The van der Waals surface area contributed by atoms with Gasteiger partial charge in [0.05, 0.1) is 0 Å². The van der Waals surface area contributed by atoms with Crippen LogP contribution in [0, 0.1) is 0 Å². The van der Waals surface area contributed by atoms with E-state index in [1.807, 2.05) is 13.8 Å². The zero-order chi connectivity index (χ0) is 15.5. The van der Waals surface area contributed by atoms with E-state index < -0.39 is 12.1 Å². The Hall–Kier alpha value is -0.950. The Morgan fingerprint density at radius 3 is 2.71 bits per heavy atom. The van der Waals surface area contributed by atoms with Crippen molar-refractivity contribution in [2.45, 2.75) is 63.5 Å². The summed E-state index contributed by atoms with van der Waals surface area (Å²) >= 11 is 0. The van der Waals surface area contributed by atoms with Crippen molar-refractivity contribution < 1.29 is 28.5 Å². The van der Waals surface area contributed by atoms with Gasteiger partial charge in [0, 0.05) is 13.5 Å². The zero-order valence-corrected chi connectivity index (χ0v) is 12.9. The van der Waals surface area contributed by atoms with E-state index in [-0.39, 0.29) is 30.9 Å². The summed E-state index contributed by atoms with van der Waals surface area (Å²) in [5, 5.41) is 0. The molecule has 0 aromatic carbocycles. The minimum atomic E-state index is -0.678. The number of ether oxygens (including phenoxy) is 5. The lowest BCUT2D eigenvalue weighted by Gasteiger charge is -2.23. The van der Waals surface area contributed by atoms with Crippen molar-refractivity contribution in [2.24, 2.45) is 0 Å². The summed E-state index contributed by atoms with van der Waals surface area (Å²) in [6, 6.07) is 0. The summed E-state index contributed by atoms with van der Waals surface area (Å²) in [5.74, 6) is -0.918. The largest absolute Gasteiger partial charge is 0.463 e. The van der Waals surface area contributed by atoms with Crippen molar-refractivity contribution in [3.8, 4) is 0 Å². The molecule has 6 heteroatoms. The van der Waals surface area contributed by atoms with E-state index in [1.165, 1.54) is 0 Å². The van der Waals surface area contributed by atoms with E-state index in [9.17, 15) is 4.79 Å². The molecule has 2 saturated heterocycles. The van der Waals surface area contributed by atoms with Gasteiger partial charge in [-0.25, -0.2) is 0 Å². The van der Waals surface area contributed by atoms with Crippen LogP contribution in [-0.4, -0.2) is 50.1 Å². The summed E-state index contributed by atoms with van der Waals surface area (Å²) in [4.78, 5) is 11.6.